The molecule has 1 aliphatic rings. The molecule has 1 aromatic carbocycles. The van der Waals surface area contributed by atoms with E-state index in [0.29, 0.717) is 19.5 Å². The Labute approximate surface area is 141 Å². The van der Waals surface area contributed by atoms with Gasteiger partial charge in [0, 0.05) is 36.7 Å². The first-order valence-corrected chi connectivity index (χ1v) is 8.37. The Kier molecular flexibility index (Phi) is 5.06. The molecule has 6 heteroatoms. The number of aromatic amines is 1. The maximum absolute atomic E-state index is 12.3. The predicted octanol–water partition coefficient (Wildman–Crippen LogP) is 1.15. The number of likely N-dealkylation sites (tertiary alicyclic amines) is 1. The van der Waals surface area contributed by atoms with Crippen LogP contribution in [0.2, 0.25) is 0 Å². The molecular weight excluding hydrogens is 306 g/mol. The van der Waals surface area contributed by atoms with Gasteiger partial charge >= 0.3 is 0 Å². The number of piperidine rings is 1. The Hall–Kier alpha value is -2.05. The summed E-state index contributed by atoms with van der Waals surface area (Å²) in [5.74, 6) is 0.416. The van der Waals surface area contributed by atoms with Crippen molar-refractivity contribution in [2.45, 2.75) is 18.9 Å². The first-order chi connectivity index (χ1) is 11.6. The van der Waals surface area contributed by atoms with Crippen LogP contribution in [0.15, 0.2) is 24.4 Å². The lowest BCUT2D eigenvalue weighted by molar-refractivity contribution is -0.131. The molecule has 0 unspecified atom stereocenters. The van der Waals surface area contributed by atoms with Crippen molar-refractivity contribution >= 4 is 16.8 Å². The maximum atomic E-state index is 12.3. The fourth-order valence-corrected chi connectivity index (χ4v) is 3.30. The van der Waals surface area contributed by atoms with Crippen LogP contribution in [0.4, 0.5) is 0 Å². The topological polar surface area (TPSA) is 77.6 Å². The summed E-state index contributed by atoms with van der Waals surface area (Å²) in [6.07, 6.45) is 2.81. The summed E-state index contributed by atoms with van der Waals surface area (Å²) in [4.78, 5) is 17.6. The molecular formula is C18H25N3O3. The van der Waals surface area contributed by atoms with E-state index in [-0.39, 0.29) is 11.8 Å². The number of fused-ring (bicyclic) bond motifs is 1. The van der Waals surface area contributed by atoms with E-state index in [1.54, 1.807) is 7.11 Å². The Morgan fingerprint density at radius 2 is 2.33 bits per heavy atom. The number of rotatable bonds is 5. The van der Waals surface area contributed by atoms with Crippen molar-refractivity contribution in [3.8, 4) is 5.75 Å². The highest BCUT2D eigenvalue weighted by molar-refractivity contribution is 5.85. The van der Waals surface area contributed by atoms with Crippen molar-refractivity contribution in [2.75, 3.05) is 33.8 Å². The fraction of sp³-hybridized carbons (Fsp3) is 0.500. The zero-order valence-electron chi connectivity index (χ0n) is 14.2. The fourth-order valence-electron chi connectivity index (χ4n) is 3.30. The molecule has 1 fully saturated rings. The van der Waals surface area contributed by atoms with Gasteiger partial charge in [-0.1, -0.05) is 0 Å². The molecule has 6 nitrogen and oxygen atoms in total. The maximum Gasteiger partial charge on any atom is 0.227 e. The van der Waals surface area contributed by atoms with Gasteiger partial charge in [-0.3, -0.25) is 4.79 Å². The average Bonchev–Trinajstić information content (AvgIpc) is 2.99. The number of aliphatic hydroxyl groups excluding tert-OH is 1. The number of carbonyl (C=O) groups excluding carboxylic acids is 1. The Morgan fingerprint density at radius 1 is 1.50 bits per heavy atom. The molecule has 1 amide bonds. The molecule has 0 spiro atoms. The van der Waals surface area contributed by atoms with Crippen LogP contribution < -0.4 is 10.1 Å². The Morgan fingerprint density at radius 3 is 3.12 bits per heavy atom. The lowest BCUT2D eigenvalue weighted by atomic mass is 9.94. The standard InChI is InChI=1S/C18H25N3O3/c1-21-8-6-17(22)15(11-21)18(23)19-7-5-12-10-20-16-4-3-13(24-2)9-14(12)16/h3-4,9-10,15,17,20,22H,5-8,11H2,1-2H3,(H,19,23)/t15-,17-/m1/s1. The zero-order chi connectivity index (χ0) is 17.1. The van der Waals surface area contributed by atoms with E-state index in [0.717, 1.165) is 35.2 Å². The second-order valence-electron chi connectivity index (χ2n) is 6.49. The van der Waals surface area contributed by atoms with Crippen LogP contribution in [-0.4, -0.2) is 60.8 Å². The first kappa shape index (κ1) is 16.8. The molecule has 24 heavy (non-hydrogen) atoms. The molecule has 130 valence electrons. The van der Waals surface area contributed by atoms with Crippen LogP contribution in [0, 0.1) is 5.92 Å². The predicted molar refractivity (Wildman–Crippen MR) is 93.2 cm³/mol. The minimum Gasteiger partial charge on any atom is -0.497 e. The minimum absolute atomic E-state index is 0.0635. The number of ether oxygens (including phenoxy) is 1. The Bertz CT molecular complexity index is 713. The Balaban J connectivity index is 1.59. The number of aromatic nitrogens is 1. The van der Waals surface area contributed by atoms with Crippen LogP contribution in [-0.2, 0) is 11.2 Å². The summed E-state index contributed by atoms with van der Waals surface area (Å²) in [5.41, 5.74) is 2.20. The minimum atomic E-state index is -0.543. The first-order valence-electron chi connectivity index (χ1n) is 8.37. The van der Waals surface area contributed by atoms with Gasteiger partial charge in [0.15, 0.2) is 0 Å². The molecule has 0 saturated carbocycles. The second-order valence-corrected chi connectivity index (χ2v) is 6.49. The van der Waals surface area contributed by atoms with Gasteiger partial charge in [-0.2, -0.15) is 0 Å². The van der Waals surface area contributed by atoms with Crippen LogP contribution in [0.1, 0.15) is 12.0 Å². The smallest absolute Gasteiger partial charge is 0.227 e. The van der Waals surface area contributed by atoms with E-state index in [1.165, 1.54) is 0 Å². The summed E-state index contributed by atoms with van der Waals surface area (Å²) in [6.45, 7) is 2.00. The van der Waals surface area contributed by atoms with Gasteiger partial charge in [0.25, 0.3) is 0 Å². The van der Waals surface area contributed by atoms with Gasteiger partial charge in [0.1, 0.15) is 5.75 Å². The number of methoxy groups -OCH3 is 1. The third-order valence-corrected chi connectivity index (χ3v) is 4.78. The summed E-state index contributed by atoms with van der Waals surface area (Å²) in [7, 11) is 3.63. The van der Waals surface area contributed by atoms with E-state index in [4.69, 9.17) is 4.74 Å². The van der Waals surface area contributed by atoms with Crippen molar-refractivity contribution in [2.24, 2.45) is 5.92 Å². The number of aliphatic hydroxyl groups is 1. The van der Waals surface area contributed by atoms with E-state index < -0.39 is 6.10 Å². The number of hydrogen-bond donors (Lipinski definition) is 3. The summed E-state index contributed by atoms with van der Waals surface area (Å²) in [5, 5.41) is 14.1. The van der Waals surface area contributed by atoms with Crippen molar-refractivity contribution < 1.29 is 14.6 Å². The average molecular weight is 331 g/mol. The van der Waals surface area contributed by atoms with Gasteiger partial charge in [-0.25, -0.2) is 0 Å². The lowest BCUT2D eigenvalue weighted by Crippen LogP contribution is -2.49. The number of hydrogen-bond acceptors (Lipinski definition) is 4. The van der Waals surface area contributed by atoms with Crippen LogP contribution in [0.5, 0.6) is 5.75 Å². The van der Waals surface area contributed by atoms with Gasteiger partial charge in [0.05, 0.1) is 19.1 Å². The highest BCUT2D eigenvalue weighted by Gasteiger charge is 2.31. The number of nitrogens with zero attached hydrogens (tertiary/aromatic N) is 1. The largest absolute Gasteiger partial charge is 0.497 e. The second kappa shape index (κ2) is 7.23. The molecule has 1 aromatic heterocycles. The molecule has 1 aliphatic heterocycles. The van der Waals surface area contributed by atoms with Crippen LogP contribution in [0.25, 0.3) is 10.9 Å². The summed E-state index contributed by atoms with van der Waals surface area (Å²) < 4.78 is 5.27. The summed E-state index contributed by atoms with van der Waals surface area (Å²) >= 11 is 0. The number of amides is 1. The normalized spacial score (nSPS) is 21.8. The van der Waals surface area contributed by atoms with Gasteiger partial charge in [-0.15, -0.1) is 0 Å². The quantitative estimate of drug-likeness (QED) is 0.768. The van der Waals surface area contributed by atoms with E-state index in [2.05, 4.69) is 15.2 Å². The van der Waals surface area contributed by atoms with Crippen molar-refractivity contribution in [3.05, 3.63) is 30.0 Å². The number of benzene rings is 1. The number of nitrogens with one attached hydrogen (secondary N) is 2. The highest BCUT2D eigenvalue weighted by atomic mass is 16.5. The van der Waals surface area contributed by atoms with Crippen molar-refractivity contribution in [1.29, 1.82) is 0 Å². The number of H-pyrrole nitrogens is 1. The van der Waals surface area contributed by atoms with E-state index in [9.17, 15) is 9.90 Å². The highest BCUT2D eigenvalue weighted by Crippen LogP contribution is 2.24. The monoisotopic (exact) mass is 331 g/mol. The summed E-state index contributed by atoms with van der Waals surface area (Å²) in [6, 6.07) is 5.92. The zero-order valence-corrected chi connectivity index (χ0v) is 14.2. The molecule has 1 saturated heterocycles. The van der Waals surface area contributed by atoms with Crippen LogP contribution >= 0.6 is 0 Å². The van der Waals surface area contributed by atoms with Crippen molar-refractivity contribution in [1.82, 2.24) is 15.2 Å². The third kappa shape index (κ3) is 3.55. The molecule has 0 aliphatic carbocycles. The molecule has 3 rings (SSSR count). The third-order valence-electron chi connectivity index (χ3n) is 4.78. The van der Waals surface area contributed by atoms with Crippen LogP contribution in [0.3, 0.4) is 0 Å². The van der Waals surface area contributed by atoms with Gasteiger partial charge < -0.3 is 25.0 Å². The molecule has 2 heterocycles. The molecule has 0 radical (unpaired) electrons. The molecule has 0 bridgehead atoms. The van der Waals surface area contributed by atoms with Gasteiger partial charge in [0.2, 0.25) is 5.91 Å². The van der Waals surface area contributed by atoms with E-state index >= 15 is 0 Å². The van der Waals surface area contributed by atoms with E-state index in [1.807, 2.05) is 31.4 Å². The number of carbonyl (C=O) groups is 1. The SMILES string of the molecule is COc1ccc2[nH]cc(CCNC(=O)[C@@H]3CN(C)CC[C@H]3O)c2c1. The molecule has 2 aromatic rings. The van der Waals surface area contributed by atoms with Gasteiger partial charge in [-0.05, 0) is 43.7 Å². The molecule has 2 atom stereocenters. The van der Waals surface area contributed by atoms with Crippen molar-refractivity contribution in [3.63, 3.8) is 0 Å². The molecule has 3 N–H and O–H groups in total. The lowest BCUT2D eigenvalue weighted by Gasteiger charge is -2.32.